The number of nitriles is 1. The molecule has 2 aromatic heterocycles. The fourth-order valence-electron chi connectivity index (χ4n) is 4.47. The zero-order valence-corrected chi connectivity index (χ0v) is 21.4. The lowest BCUT2D eigenvalue weighted by Gasteiger charge is -2.30. The zero-order valence-electron chi connectivity index (χ0n) is 21.4. The first-order valence-corrected chi connectivity index (χ1v) is 12.8. The monoisotopic (exact) mass is 498 g/mol. The number of nitrogens with two attached hydrogens (primary N) is 1. The molecule has 9 heteroatoms. The Morgan fingerprint density at radius 1 is 1.25 bits per heavy atom. The van der Waals surface area contributed by atoms with Gasteiger partial charge >= 0.3 is 0 Å². The first kappa shape index (κ1) is 27.8. The van der Waals surface area contributed by atoms with Crippen molar-refractivity contribution in [3.05, 3.63) is 36.3 Å². The van der Waals surface area contributed by atoms with E-state index in [-0.39, 0.29) is 6.04 Å². The Hall–Kier alpha value is -2.80. The molecule has 2 fully saturated rings. The topological polar surface area (TPSA) is 118 Å². The van der Waals surface area contributed by atoms with Crippen molar-refractivity contribution in [3.63, 3.8) is 0 Å². The van der Waals surface area contributed by atoms with Gasteiger partial charge in [-0.2, -0.15) is 5.26 Å². The summed E-state index contributed by atoms with van der Waals surface area (Å²) < 4.78 is 24.6. The van der Waals surface area contributed by atoms with Crippen molar-refractivity contribution in [2.24, 2.45) is 11.1 Å². The molecule has 1 atom stereocenters. The SMILES string of the molecule is COCC(C)N.N#CC1(CNc2cccc(-c3cc(NC4CCCCC4)ncc3F)n2)CCOCC1. The standard InChI is InChI=1S/C23H28FN5O.C4H11NO/c24-19-14-26-22(28-17-5-2-1-3-6-17)13-18(19)20-7-4-8-21(29-20)27-16-23(15-25)9-11-30-12-10-23;1-4(5)3-6-2/h4,7-8,13-14,17H,1-3,5-6,9-12,16H2,(H,26,28)(H,27,29);4H,3,5H2,1-2H3. The average Bonchev–Trinajstić information content (AvgIpc) is 2.90. The van der Waals surface area contributed by atoms with Gasteiger partial charge in [-0.3, -0.25) is 0 Å². The average molecular weight is 499 g/mol. The quantitative estimate of drug-likeness (QED) is 0.478. The lowest BCUT2D eigenvalue weighted by atomic mass is 9.82. The maximum atomic E-state index is 14.6. The second-order valence-corrected chi connectivity index (χ2v) is 9.73. The van der Waals surface area contributed by atoms with E-state index in [9.17, 15) is 9.65 Å². The molecule has 1 aliphatic carbocycles. The van der Waals surface area contributed by atoms with Crippen LogP contribution in [-0.4, -0.2) is 55.5 Å². The fourth-order valence-corrected chi connectivity index (χ4v) is 4.47. The summed E-state index contributed by atoms with van der Waals surface area (Å²) in [7, 11) is 1.64. The Labute approximate surface area is 213 Å². The molecule has 1 saturated heterocycles. The minimum Gasteiger partial charge on any atom is -0.383 e. The molecule has 196 valence electrons. The van der Waals surface area contributed by atoms with Gasteiger partial charge in [0.25, 0.3) is 0 Å². The van der Waals surface area contributed by atoms with E-state index in [1.165, 1.54) is 25.5 Å². The highest BCUT2D eigenvalue weighted by atomic mass is 19.1. The highest BCUT2D eigenvalue weighted by Crippen LogP contribution is 2.31. The van der Waals surface area contributed by atoms with Gasteiger partial charge in [0.15, 0.2) is 5.82 Å². The maximum Gasteiger partial charge on any atom is 0.151 e. The normalized spacial score (nSPS) is 18.3. The van der Waals surface area contributed by atoms with Crippen molar-refractivity contribution in [2.45, 2.75) is 64.0 Å². The van der Waals surface area contributed by atoms with Crippen LogP contribution in [0.1, 0.15) is 51.9 Å². The molecule has 1 unspecified atom stereocenters. The predicted octanol–water partition coefficient (Wildman–Crippen LogP) is 4.74. The van der Waals surface area contributed by atoms with E-state index in [0.717, 1.165) is 12.8 Å². The lowest BCUT2D eigenvalue weighted by molar-refractivity contribution is 0.0455. The Morgan fingerprint density at radius 2 is 2.00 bits per heavy atom. The number of aromatic nitrogens is 2. The van der Waals surface area contributed by atoms with E-state index < -0.39 is 11.2 Å². The molecule has 1 aliphatic heterocycles. The molecule has 0 amide bonds. The van der Waals surface area contributed by atoms with Gasteiger partial charge in [0, 0.05) is 44.5 Å². The van der Waals surface area contributed by atoms with Gasteiger partial charge in [0.1, 0.15) is 11.6 Å². The number of nitrogens with zero attached hydrogens (tertiary/aromatic N) is 3. The van der Waals surface area contributed by atoms with E-state index in [0.29, 0.717) is 68.1 Å². The highest BCUT2D eigenvalue weighted by Gasteiger charge is 2.32. The Kier molecular flexibility index (Phi) is 10.9. The number of hydrogen-bond acceptors (Lipinski definition) is 8. The van der Waals surface area contributed by atoms with Gasteiger partial charge in [-0.05, 0) is 50.8 Å². The molecule has 2 aliphatic rings. The van der Waals surface area contributed by atoms with E-state index in [1.54, 1.807) is 19.2 Å². The number of pyridine rings is 2. The van der Waals surface area contributed by atoms with Crippen molar-refractivity contribution in [2.75, 3.05) is 44.1 Å². The summed E-state index contributed by atoms with van der Waals surface area (Å²) in [5.74, 6) is 0.919. The molecule has 3 heterocycles. The summed E-state index contributed by atoms with van der Waals surface area (Å²) in [6, 6.07) is 10.2. The zero-order chi connectivity index (χ0) is 25.8. The summed E-state index contributed by atoms with van der Waals surface area (Å²) in [5, 5.41) is 16.3. The van der Waals surface area contributed by atoms with Crippen molar-refractivity contribution in [1.82, 2.24) is 9.97 Å². The highest BCUT2D eigenvalue weighted by molar-refractivity contribution is 5.65. The number of anilines is 2. The molecule has 0 radical (unpaired) electrons. The predicted molar refractivity (Wildman–Crippen MR) is 140 cm³/mol. The number of rotatable bonds is 8. The van der Waals surface area contributed by atoms with Crippen LogP contribution in [-0.2, 0) is 9.47 Å². The lowest BCUT2D eigenvalue weighted by Crippen LogP contribution is -2.34. The first-order valence-electron chi connectivity index (χ1n) is 12.8. The smallest absolute Gasteiger partial charge is 0.151 e. The Balaban J connectivity index is 0.000000538. The van der Waals surface area contributed by atoms with Crippen LogP contribution in [0.4, 0.5) is 16.0 Å². The minimum absolute atomic E-state index is 0.176. The molecule has 1 saturated carbocycles. The number of hydrogen-bond donors (Lipinski definition) is 3. The number of methoxy groups -OCH3 is 1. The summed E-state index contributed by atoms with van der Waals surface area (Å²) in [6.07, 6.45) is 8.62. The minimum atomic E-state index is -0.449. The third-order valence-corrected chi connectivity index (χ3v) is 6.56. The number of halogens is 1. The molecule has 2 aromatic rings. The van der Waals surface area contributed by atoms with Crippen molar-refractivity contribution < 1.29 is 13.9 Å². The van der Waals surface area contributed by atoms with Crippen molar-refractivity contribution >= 4 is 11.6 Å². The summed E-state index contributed by atoms with van der Waals surface area (Å²) in [5.41, 5.74) is 5.80. The summed E-state index contributed by atoms with van der Waals surface area (Å²) in [4.78, 5) is 8.82. The number of ether oxygens (including phenoxy) is 2. The first-order chi connectivity index (χ1) is 17.4. The van der Waals surface area contributed by atoms with Crippen LogP contribution < -0.4 is 16.4 Å². The van der Waals surface area contributed by atoms with Gasteiger partial charge in [-0.25, -0.2) is 14.4 Å². The van der Waals surface area contributed by atoms with Crippen LogP contribution in [0.25, 0.3) is 11.3 Å². The Morgan fingerprint density at radius 3 is 2.64 bits per heavy atom. The molecule has 0 aromatic carbocycles. The van der Waals surface area contributed by atoms with Crippen LogP contribution in [0.5, 0.6) is 0 Å². The van der Waals surface area contributed by atoms with E-state index in [2.05, 4.69) is 31.4 Å². The third-order valence-electron chi connectivity index (χ3n) is 6.56. The van der Waals surface area contributed by atoms with Crippen LogP contribution in [0.2, 0.25) is 0 Å². The van der Waals surface area contributed by atoms with Gasteiger partial charge in [-0.1, -0.05) is 25.3 Å². The van der Waals surface area contributed by atoms with Gasteiger partial charge < -0.3 is 25.8 Å². The molecule has 4 rings (SSSR count). The molecule has 8 nitrogen and oxygen atoms in total. The van der Waals surface area contributed by atoms with Crippen LogP contribution in [0.3, 0.4) is 0 Å². The largest absolute Gasteiger partial charge is 0.383 e. The van der Waals surface area contributed by atoms with Crippen LogP contribution >= 0.6 is 0 Å². The van der Waals surface area contributed by atoms with Gasteiger partial charge in [0.05, 0.1) is 30.0 Å². The second kappa shape index (κ2) is 14.1. The molecule has 36 heavy (non-hydrogen) atoms. The van der Waals surface area contributed by atoms with Crippen molar-refractivity contribution in [3.8, 4) is 17.3 Å². The van der Waals surface area contributed by atoms with Gasteiger partial charge in [-0.15, -0.1) is 0 Å². The number of nitrogens with one attached hydrogen (secondary N) is 2. The third kappa shape index (κ3) is 8.40. The fraction of sp³-hybridized carbons (Fsp3) is 0.593. The van der Waals surface area contributed by atoms with Gasteiger partial charge in [0.2, 0.25) is 0 Å². The summed E-state index contributed by atoms with van der Waals surface area (Å²) in [6.45, 7) is 4.25. The second-order valence-electron chi connectivity index (χ2n) is 9.73. The maximum absolute atomic E-state index is 14.6. The van der Waals surface area contributed by atoms with Crippen LogP contribution in [0, 0.1) is 22.6 Å². The van der Waals surface area contributed by atoms with Crippen molar-refractivity contribution in [1.29, 1.82) is 5.26 Å². The summed E-state index contributed by atoms with van der Waals surface area (Å²) >= 11 is 0. The van der Waals surface area contributed by atoms with E-state index in [4.69, 9.17) is 10.5 Å². The van der Waals surface area contributed by atoms with E-state index in [1.807, 2.05) is 19.1 Å². The molecular weight excluding hydrogens is 459 g/mol. The molecule has 0 spiro atoms. The van der Waals surface area contributed by atoms with Crippen LogP contribution in [0.15, 0.2) is 30.5 Å². The molecule has 0 bridgehead atoms. The molecular formula is C27H39FN6O2. The van der Waals surface area contributed by atoms with E-state index >= 15 is 0 Å². The Bertz CT molecular complexity index is 984. The molecule has 4 N–H and O–H groups in total.